The summed E-state index contributed by atoms with van der Waals surface area (Å²) in [7, 11) is 3.10. The van der Waals surface area contributed by atoms with Crippen molar-refractivity contribution >= 4 is 23.5 Å². The van der Waals surface area contributed by atoms with E-state index in [-0.39, 0.29) is 18.0 Å². The first-order chi connectivity index (χ1) is 17.0. The number of rotatable bonds is 6. The average molecular weight is 494 g/mol. The van der Waals surface area contributed by atoms with Crippen LogP contribution in [0.3, 0.4) is 0 Å². The highest BCUT2D eigenvalue weighted by atomic mass is 35.5. The lowest BCUT2D eigenvalue weighted by Gasteiger charge is -2.41. The molecular formula is C27H28ClN3O4. The van der Waals surface area contributed by atoms with E-state index in [1.165, 1.54) is 0 Å². The normalized spacial score (nSPS) is 15.5. The van der Waals surface area contributed by atoms with Crippen LogP contribution in [0.2, 0.25) is 5.02 Å². The van der Waals surface area contributed by atoms with Gasteiger partial charge in [0.25, 0.3) is 5.91 Å². The first-order valence-electron chi connectivity index (χ1n) is 11.4. The van der Waals surface area contributed by atoms with E-state index in [1.807, 2.05) is 53.4 Å². The number of carbonyl (C=O) groups excluding carboxylic acids is 2. The Balaban J connectivity index is 1.53. The molecule has 0 radical (unpaired) electrons. The molecule has 1 aliphatic rings. The second-order valence-corrected chi connectivity index (χ2v) is 8.60. The van der Waals surface area contributed by atoms with Crippen molar-refractivity contribution < 1.29 is 19.1 Å². The molecule has 0 aromatic heterocycles. The summed E-state index contributed by atoms with van der Waals surface area (Å²) in [5.74, 6) is 0.923. The monoisotopic (exact) mass is 493 g/mol. The number of piperazine rings is 1. The van der Waals surface area contributed by atoms with Crippen molar-refractivity contribution in [3.05, 3.63) is 94.5 Å². The minimum Gasteiger partial charge on any atom is -0.493 e. The predicted octanol–water partition coefficient (Wildman–Crippen LogP) is 4.77. The molecule has 1 unspecified atom stereocenters. The molecule has 4 rings (SSSR count). The number of ether oxygens (including phenoxy) is 2. The number of halogens is 1. The molecular weight excluding hydrogens is 466 g/mol. The Kier molecular flexibility index (Phi) is 7.77. The Morgan fingerprint density at radius 2 is 1.66 bits per heavy atom. The SMILES string of the molecule is COc1ccc(C(=O)N2CCN(C(=O)NCc3ccccc3Cl)CC2c2ccccc2)cc1OC. The molecule has 1 heterocycles. The summed E-state index contributed by atoms with van der Waals surface area (Å²) in [5.41, 5.74) is 2.31. The van der Waals surface area contributed by atoms with Gasteiger partial charge in [0.05, 0.1) is 20.3 Å². The van der Waals surface area contributed by atoms with Gasteiger partial charge in [-0.25, -0.2) is 4.79 Å². The molecule has 1 saturated heterocycles. The maximum absolute atomic E-state index is 13.6. The summed E-state index contributed by atoms with van der Waals surface area (Å²) in [4.78, 5) is 30.1. The molecule has 7 nitrogen and oxygen atoms in total. The van der Waals surface area contributed by atoms with Gasteiger partial charge in [0, 0.05) is 36.8 Å². The van der Waals surface area contributed by atoms with Crippen molar-refractivity contribution in [2.24, 2.45) is 0 Å². The predicted molar refractivity (Wildman–Crippen MR) is 135 cm³/mol. The molecule has 182 valence electrons. The van der Waals surface area contributed by atoms with Crippen molar-refractivity contribution in [3.8, 4) is 11.5 Å². The molecule has 1 aliphatic heterocycles. The largest absolute Gasteiger partial charge is 0.493 e. The van der Waals surface area contributed by atoms with Crippen LogP contribution in [0.5, 0.6) is 11.5 Å². The highest BCUT2D eigenvalue weighted by Gasteiger charge is 2.34. The number of methoxy groups -OCH3 is 2. The number of hydrogen-bond acceptors (Lipinski definition) is 4. The molecule has 1 N–H and O–H groups in total. The lowest BCUT2D eigenvalue weighted by atomic mass is 10.0. The minimum absolute atomic E-state index is 0.129. The Morgan fingerprint density at radius 3 is 2.37 bits per heavy atom. The quantitative estimate of drug-likeness (QED) is 0.537. The molecule has 3 aromatic rings. The van der Waals surface area contributed by atoms with E-state index >= 15 is 0 Å². The number of urea groups is 1. The van der Waals surface area contributed by atoms with Gasteiger partial charge < -0.3 is 24.6 Å². The molecule has 3 amide bonds. The van der Waals surface area contributed by atoms with Crippen molar-refractivity contribution in [1.29, 1.82) is 0 Å². The zero-order valence-electron chi connectivity index (χ0n) is 19.7. The summed E-state index contributed by atoms with van der Waals surface area (Å²) in [6, 6.07) is 21.8. The van der Waals surface area contributed by atoms with Gasteiger partial charge in [0.15, 0.2) is 11.5 Å². The number of nitrogens with one attached hydrogen (secondary N) is 1. The fraction of sp³-hybridized carbons (Fsp3) is 0.259. The van der Waals surface area contributed by atoms with Crippen LogP contribution < -0.4 is 14.8 Å². The third-order valence-corrected chi connectivity index (χ3v) is 6.50. The maximum Gasteiger partial charge on any atom is 0.317 e. The third kappa shape index (κ3) is 5.52. The third-order valence-electron chi connectivity index (χ3n) is 6.13. The van der Waals surface area contributed by atoms with Crippen LogP contribution >= 0.6 is 11.6 Å². The first kappa shape index (κ1) is 24.4. The number of amides is 3. The van der Waals surface area contributed by atoms with E-state index in [0.29, 0.717) is 48.3 Å². The molecule has 8 heteroatoms. The highest BCUT2D eigenvalue weighted by Crippen LogP contribution is 2.31. The van der Waals surface area contributed by atoms with Gasteiger partial charge >= 0.3 is 6.03 Å². The molecule has 1 fully saturated rings. The van der Waals surface area contributed by atoms with Gasteiger partial charge in [0.1, 0.15) is 0 Å². The molecule has 0 saturated carbocycles. The van der Waals surface area contributed by atoms with Crippen molar-refractivity contribution in [1.82, 2.24) is 15.1 Å². The highest BCUT2D eigenvalue weighted by molar-refractivity contribution is 6.31. The Hall–Kier alpha value is -3.71. The van der Waals surface area contributed by atoms with E-state index in [0.717, 1.165) is 11.1 Å². The minimum atomic E-state index is -0.295. The summed E-state index contributed by atoms with van der Waals surface area (Å²) >= 11 is 6.22. The summed E-state index contributed by atoms with van der Waals surface area (Å²) in [6.07, 6.45) is 0. The van der Waals surface area contributed by atoms with Crippen LogP contribution in [-0.4, -0.2) is 55.6 Å². The summed E-state index contributed by atoms with van der Waals surface area (Å²) in [5, 5.41) is 3.57. The van der Waals surface area contributed by atoms with Crippen LogP contribution in [-0.2, 0) is 6.54 Å². The Bertz CT molecular complexity index is 1190. The Morgan fingerprint density at radius 1 is 0.943 bits per heavy atom. The van der Waals surface area contributed by atoms with Gasteiger partial charge in [-0.15, -0.1) is 0 Å². The van der Waals surface area contributed by atoms with E-state index < -0.39 is 0 Å². The summed E-state index contributed by atoms with van der Waals surface area (Å²) < 4.78 is 10.7. The number of nitrogens with zero attached hydrogens (tertiary/aromatic N) is 2. The molecule has 0 bridgehead atoms. The van der Waals surface area contributed by atoms with Crippen molar-refractivity contribution in [2.75, 3.05) is 33.9 Å². The van der Waals surface area contributed by atoms with Crippen LogP contribution in [0.15, 0.2) is 72.8 Å². The fourth-order valence-corrected chi connectivity index (χ4v) is 4.43. The van der Waals surface area contributed by atoms with Crippen molar-refractivity contribution in [3.63, 3.8) is 0 Å². The van der Waals surface area contributed by atoms with Crippen LogP contribution in [0.1, 0.15) is 27.5 Å². The summed E-state index contributed by atoms with van der Waals surface area (Å²) in [6.45, 7) is 1.51. The van der Waals surface area contributed by atoms with E-state index in [2.05, 4.69) is 5.32 Å². The number of carbonyl (C=O) groups is 2. The maximum atomic E-state index is 13.6. The fourth-order valence-electron chi connectivity index (χ4n) is 4.23. The molecule has 1 atom stereocenters. The number of benzene rings is 3. The zero-order chi connectivity index (χ0) is 24.8. The van der Waals surface area contributed by atoms with Gasteiger partial charge in [-0.2, -0.15) is 0 Å². The Labute approximate surface area is 210 Å². The smallest absolute Gasteiger partial charge is 0.317 e. The van der Waals surface area contributed by atoms with Gasteiger partial charge in [0.2, 0.25) is 0 Å². The van der Waals surface area contributed by atoms with Crippen LogP contribution in [0, 0.1) is 0 Å². The van der Waals surface area contributed by atoms with Crippen molar-refractivity contribution in [2.45, 2.75) is 12.6 Å². The van der Waals surface area contributed by atoms with Gasteiger partial charge in [-0.1, -0.05) is 60.1 Å². The van der Waals surface area contributed by atoms with Gasteiger partial charge in [-0.05, 0) is 35.4 Å². The zero-order valence-corrected chi connectivity index (χ0v) is 20.5. The number of hydrogen-bond donors (Lipinski definition) is 1. The van der Waals surface area contributed by atoms with E-state index in [1.54, 1.807) is 43.4 Å². The van der Waals surface area contributed by atoms with Crippen LogP contribution in [0.4, 0.5) is 4.79 Å². The molecule has 3 aromatic carbocycles. The van der Waals surface area contributed by atoms with E-state index in [4.69, 9.17) is 21.1 Å². The van der Waals surface area contributed by atoms with Crippen LogP contribution in [0.25, 0.3) is 0 Å². The molecule has 0 aliphatic carbocycles. The lowest BCUT2D eigenvalue weighted by Crippen LogP contribution is -2.54. The first-order valence-corrected chi connectivity index (χ1v) is 11.7. The second-order valence-electron chi connectivity index (χ2n) is 8.19. The topological polar surface area (TPSA) is 71.1 Å². The van der Waals surface area contributed by atoms with Gasteiger partial charge in [-0.3, -0.25) is 4.79 Å². The molecule has 35 heavy (non-hydrogen) atoms. The lowest BCUT2D eigenvalue weighted by molar-refractivity contribution is 0.0505. The van der Waals surface area contributed by atoms with E-state index in [9.17, 15) is 9.59 Å². The average Bonchev–Trinajstić information content (AvgIpc) is 2.91. The molecule has 0 spiro atoms. The standard InChI is InChI=1S/C27H28ClN3O4/c1-34-24-13-12-20(16-25(24)35-2)26(32)31-15-14-30(18-23(31)19-8-4-3-5-9-19)27(33)29-17-21-10-6-7-11-22(21)28/h3-13,16,23H,14-15,17-18H2,1-2H3,(H,29,33). The second kappa shape index (κ2) is 11.1.